The lowest BCUT2D eigenvalue weighted by atomic mass is 10.1. The standard InChI is InChI=1S/C33H40N6O10/c40-26(24-9-5-2-6-10-24)21-49-22-37-29(43)19-36-33(47)25(17-23-7-3-1-4-8-23)38-30(44)20-35-28(42)18-34-27(41)13-15-48-16-14-39-31(45)11-12-32(39)46/h1-12,25,28,35,42H,13-22H2,(H,34,41)(H,36,47)(H,37,43)(H,38,44)/t25-,28?/m0/s1. The number of hydrogen-bond donors (Lipinski definition) is 6. The van der Waals surface area contributed by atoms with Gasteiger partial charge in [0.15, 0.2) is 5.78 Å². The van der Waals surface area contributed by atoms with Crippen LogP contribution in [0.1, 0.15) is 22.3 Å². The zero-order valence-corrected chi connectivity index (χ0v) is 26.7. The van der Waals surface area contributed by atoms with Gasteiger partial charge in [-0.1, -0.05) is 60.7 Å². The van der Waals surface area contributed by atoms with Crippen molar-refractivity contribution in [2.45, 2.75) is 25.1 Å². The average molecular weight is 681 g/mol. The lowest BCUT2D eigenvalue weighted by molar-refractivity contribution is -0.138. The first-order chi connectivity index (χ1) is 23.6. The molecule has 0 bridgehead atoms. The second kappa shape index (κ2) is 20.8. The molecule has 1 heterocycles. The van der Waals surface area contributed by atoms with Crippen LogP contribution in [-0.2, 0) is 44.7 Å². The highest BCUT2D eigenvalue weighted by atomic mass is 16.5. The summed E-state index contributed by atoms with van der Waals surface area (Å²) in [4.78, 5) is 86.0. The molecule has 16 nitrogen and oxygen atoms in total. The maximum atomic E-state index is 13.0. The van der Waals surface area contributed by atoms with Crippen LogP contribution < -0.4 is 26.6 Å². The summed E-state index contributed by atoms with van der Waals surface area (Å²) < 4.78 is 10.5. The molecule has 1 aliphatic rings. The van der Waals surface area contributed by atoms with Gasteiger partial charge in [0, 0.05) is 30.6 Å². The number of nitrogens with zero attached hydrogens (tertiary/aromatic N) is 1. The number of ketones is 1. The van der Waals surface area contributed by atoms with Gasteiger partial charge in [-0.3, -0.25) is 43.8 Å². The topological polar surface area (TPSA) is 222 Å². The Kier molecular flexibility index (Phi) is 16.2. The molecule has 6 N–H and O–H groups in total. The molecule has 49 heavy (non-hydrogen) atoms. The molecule has 0 aliphatic carbocycles. The summed E-state index contributed by atoms with van der Waals surface area (Å²) in [5, 5.41) is 22.7. The van der Waals surface area contributed by atoms with Crippen molar-refractivity contribution < 1.29 is 48.1 Å². The third kappa shape index (κ3) is 14.6. The molecule has 0 radical (unpaired) electrons. The van der Waals surface area contributed by atoms with Crippen LogP contribution in [0.5, 0.6) is 0 Å². The van der Waals surface area contributed by atoms with Crippen LogP contribution in [0.2, 0.25) is 0 Å². The minimum atomic E-state index is -1.29. The Morgan fingerprint density at radius 2 is 1.43 bits per heavy atom. The van der Waals surface area contributed by atoms with E-state index in [1.54, 1.807) is 60.7 Å². The van der Waals surface area contributed by atoms with Crippen molar-refractivity contribution in [1.29, 1.82) is 0 Å². The van der Waals surface area contributed by atoms with Crippen LogP contribution in [0.15, 0.2) is 72.8 Å². The van der Waals surface area contributed by atoms with Gasteiger partial charge in [0.25, 0.3) is 11.8 Å². The summed E-state index contributed by atoms with van der Waals surface area (Å²) in [7, 11) is 0. The van der Waals surface area contributed by atoms with E-state index < -0.39 is 54.3 Å². The number of hydrogen-bond acceptors (Lipinski definition) is 11. The van der Waals surface area contributed by atoms with Crippen LogP contribution in [0.4, 0.5) is 0 Å². The van der Waals surface area contributed by atoms with E-state index in [9.17, 15) is 38.7 Å². The van der Waals surface area contributed by atoms with Crippen LogP contribution in [0.3, 0.4) is 0 Å². The molecule has 16 heteroatoms. The van der Waals surface area contributed by atoms with Crippen molar-refractivity contribution in [3.8, 4) is 0 Å². The van der Waals surface area contributed by atoms with E-state index in [1.807, 2.05) is 0 Å². The van der Waals surface area contributed by atoms with Gasteiger partial charge in [-0.2, -0.15) is 0 Å². The Morgan fingerprint density at radius 1 is 0.755 bits per heavy atom. The fourth-order valence-electron chi connectivity index (χ4n) is 4.30. The molecule has 1 aliphatic heterocycles. The number of rotatable bonds is 22. The van der Waals surface area contributed by atoms with Crippen LogP contribution in [0.25, 0.3) is 0 Å². The number of nitrogens with one attached hydrogen (secondary N) is 5. The summed E-state index contributed by atoms with van der Waals surface area (Å²) in [5.74, 6) is -3.35. The molecule has 262 valence electrons. The average Bonchev–Trinajstić information content (AvgIpc) is 3.43. The first-order valence-corrected chi connectivity index (χ1v) is 15.5. The molecular weight excluding hydrogens is 640 g/mol. The number of aliphatic hydroxyl groups is 1. The molecule has 2 atom stereocenters. The Morgan fingerprint density at radius 3 is 2.12 bits per heavy atom. The van der Waals surface area contributed by atoms with Crippen molar-refractivity contribution in [2.75, 3.05) is 52.7 Å². The molecule has 0 saturated carbocycles. The molecule has 2 aromatic rings. The molecule has 0 aromatic heterocycles. The number of imide groups is 1. The van der Waals surface area contributed by atoms with Crippen LogP contribution in [0, 0.1) is 0 Å². The predicted molar refractivity (Wildman–Crippen MR) is 173 cm³/mol. The third-order valence-electron chi connectivity index (χ3n) is 6.88. The van der Waals surface area contributed by atoms with Gasteiger partial charge in [0.2, 0.25) is 23.6 Å². The molecule has 0 saturated heterocycles. The quantitative estimate of drug-likeness (QED) is 0.0351. The Bertz CT molecular complexity index is 1450. The Balaban J connectivity index is 1.33. The van der Waals surface area contributed by atoms with Gasteiger partial charge in [0.05, 0.1) is 39.4 Å². The SMILES string of the molecule is O=C(CCOCCN1C(=O)C=CC1=O)NCC(O)NCC(=O)N[C@@H](Cc1ccccc1)C(=O)NCC(=O)NCOCC(=O)c1ccccc1. The number of ether oxygens (including phenoxy) is 2. The lowest BCUT2D eigenvalue weighted by Gasteiger charge is -2.20. The smallest absolute Gasteiger partial charge is 0.253 e. The summed E-state index contributed by atoms with van der Waals surface area (Å²) in [6.07, 6.45) is 1.13. The van der Waals surface area contributed by atoms with E-state index in [4.69, 9.17) is 9.47 Å². The summed E-state index contributed by atoms with van der Waals surface area (Å²) in [5.41, 5.74) is 1.23. The number of carbonyl (C=O) groups is 7. The van der Waals surface area contributed by atoms with Gasteiger partial charge in [0.1, 0.15) is 25.6 Å². The minimum absolute atomic E-state index is 0.0253. The zero-order valence-electron chi connectivity index (χ0n) is 26.7. The third-order valence-corrected chi connectivity index (χ3v) is 6.88. The van der Waals surface area contributed by atoms with Crippen molar-refractivity contribution >= 4 is 41.2 Å². The summed E-state index contributed by atoms with van der Waals surface area (Å²) >= 11 is 0. The number of aliphatic hydroxyl groups excluding tert-OH is 1. The Labute approximate surface area is 282 Å². The molecule has 0 fully saturated rings. The van der Waals surface area contributed by atoms with Gasteiger partial charge in [-0.15, -0.1) is 0 Å². The van der Waals surface area contributed by atoms with Gasteiger partial charge in [-0.05, 0) is 5.56 Å². The number of carbonyl (C=O) groups excluding carboxylic acids is 7. The maximum absolute atomic E-state index is 13.0. The number of Topliss-reactive ketones (excluding diaryl/α,β-unsaturated/α-hetero) is 1. The highest BCUT2D eigenvalue weighted by Gasteiger charge is 2.23. The predicted octanol–water partition coefficient (Wildman–Crippen LogP) is -1.84. The molecule has 2 aromatic carbocycles. The van der Waals surface area contributed by atoms with Gasteiger partial charge >= 0.3 is 0 Å². The first-order valence-electron chi connectivity index (χ1n) is 15.5. The monoisotopic (exact) mass is 680 g/mol. The highest BCUT2D eigenvalue weighted by molar-refractivity contribution is 6.12. The van der Waals surface area contributed by atoms with Gasteiger partial charge in [-0.25, -0.2) is 0 Å². The van der Waals surface area contributed by atoms with Crippen molar-refractivity contribution in [3.05, 3.63) is 83.9 Å². The van der Waals surface area contributed by atoms with Crippen molar-refractivity contribution in [3.63, 3.8) is 0 Å². The number of benzene rings is 2. The van der Waals surface area contributed by atoms with E-state index in [-0.39, 0.29) is 64.8 Å². The Hall–Kier alpha value is -5.29. The van der Waals surface area contributed by atoms with E-state index in [0.29, 0.717) is 5.56 Å². The lowest BCUT2D eigenvalue weighted by Crippen LogP contribution is -2.53. The zero-order chi connectivity index (χ0) is 35.4. The first kappa shape index (κ1) is 38.2. The van der Waals surface area contributed by atoms with E-state index in [0.717, 1.165) is 10.5 Å². The van der Waals surface area contributed by atoms with Crippen molar-refractivity contribution in [1.82, 2.24) is 31.5 Å². The van der Waals surface area contributed by atoms with E-state index in [1.165, 1.54) is 12.2 Å². The largest absolute Gasteiger partial charge is 0.379 e. The molecule has 3 rings (SSSR count). The second-order valence-electron chi connectivity index (χ2n) is 10.6. The van der Waals surface area contributed by atoms with E-state index in [2.05, 4.69) is 26.6 Å². The van der Waals surface area contributed by atoms with Crippen LogP contribution >= 0.6 is 0 Å². The molecular formula is C33H40N6O10. The van der Waals surface area contributed by atoms with E-state index >= 15 is 0 Å². The molecule has 0 spiro atoms. The van der Waals surface area contributed by atoms with Crippen molar-refractivity contribution in [2.24, 2.45) is 0 Å². The fourth-order valence-corrected chi connectivity index (χ4v) is 4.30. The minimum Gasteiger partial charge on any atom is -0.379 e. The maximum Gasteiger partial charge on any atom is 0.253 e. The number of amides is 6. The second-order valence-corrected chi connectivity index (χ2v) is 10.6. The van der Waals surface area contributed by atoms with Gasteiger partial charge < -0.3 is 35.8 Å². The summed E-state index contributed by atoms with van der Waals surface area (Å²) in [6, 6.07) is 16.4. The molecule has 6 amide bonds. The summed E-state index contributed by atoms with van der Waals surface area (Å²) in [6.45, 7) is -1.35. The normalized spacial score (nSPS) is 13.4. The van der Waals surface area contributed by atoms with Crippen LogP contribution in [-0.4, -0.2) is 116 Å². The fraction of sp³-hybridized carbons (Fsp3) is 0.364. The molecule has 1 unspecified atom stereocenters. The highest BCUT2D eigenvalue weighted by Crippen LogP contribution is 2.05.